The highest BCUT2D eigenvalue weighted by Gasteiger charge is 2.32. The van der Waals surface area contributed by atoms with Gasteiger partial charge in [-0.3, -0.25) is 3.97 Å². The quantitative estimate of drug-likeness (QED) is 0.407. The number of rotatable bonds is 3. The zero-order valence-electron chi connectivity index (χ0n) is 18.1. The number of fused-ring (bicyclic) bond motifs is 1. The molecule has 2 aromatic heterocycles. The van der Waals surface area contributed by atoms with E-state index in [1.807, 2.05) is 43.9 Å². The molecule has 0 aliphatic carbocycles. The van der Waals surface area contributed by atoms with Crippen molar-refractivity contribution in [2.45, 2.75) is 39.3 Å². The molecule has 1 fully saturated rings. The number of benzene rings is 1. The Hall–Kier alpha value is -2.01. The second-order valence-corrected chi connectivity index (χ2v) is 10.4. The minimum absolute atomic E-state index is 0.00910. The van der Waals surface area contributed by atoms with E-state index in [4.69, 9.17) is 4.74 Å². The molecule has 1 amide bonds. The van der Waals surface area contributed by atoms with E-state index < -0.39 is 5.60 Å². The summed E-state index contributed by atoms with van der Waals surface area (Å²) in [4.78, 5) is 25.9. The number of carbonyl (C=O) groups is 1. The van der Waals surface area contributed by atoms with Crippen LogP contribution in [0.5, 0.6) is 0 Å². The Kier molecular flexibility index (Phi) is 6.34. The van der Waals surface area contributed by atoms with Crippen molar-refractivity contribution < 1.29 is 9.53 Å². The van der Waals surface area contributed by atoms with E-state index in [-0.39, 0.29) is 12.1 Å². The van der Waals surface area contributed by atoms with Crippen molar-refractivity contribution in [1.29, 1.82) is 0 Å². The molecule has 3 heterocycles. The Labute approximate surface area is 198 Å². The summed E-state index contributed by atoms with van der Waals surface area (Å²) < 4.78 is 7.66. The lowest BCUT2D eigenvalue weighted by Crippen LogP contribution is -2.55. The Morgan fingerprint density at radius 1 is 1.19 bits per heavy atom. The molecule has 1 aliphatic heterocycles. The van der Waals surface area contributed by atoms with Gasteiger partial charge in [0.1, 0.15) is 17.7 Å². The molecule has 4 rings (SSSR count). The highest BCUT2D eigenvalue weighted by atomic mass is 127. The van der Waals surface area contributed by atoms with Crippen molar-refractivity contribution in [3.63, 3.8) is 0 Å². The number of piperazine rings is 1. The third kappa shape index (κ3) is 4.62. The van der Waals surface area contributed by atoms with E-state index in [2.05, 4.69) is 65.3 Å². The lowest BCUT2D eigenvalue weighted by atomic mass is 10.1. The van der Waals surface area contributed by atoms with Gasteiger partial charge in [-0.1, -0.05) is 30.3 Å². The second-order valence-electron chi connectivity index (χ2n) is 8.67. The van der Waals surface area contributed by atoms with E-state index >= 15 is 0 Å². The third-order valence-electron chi connectivity index (χ3n) is 5.25. The smallest absolute Gasteiger partial charge is 0.410 e. The number of nitrogens with zero attached hydrogens (tertiary/aromatic N) is 5. The number of carbonyl (C=O) groups excluding carboxylic acids is 1. The van der Waals surface area contributed by atoms with E-state index in [1.165, 1.54) is 0 Å². The minimum Gasteiger partial charge on any atom is -0.444 e. The van der Waals surface area contributed by atoms with E-state index in [9.17, 15) is 4.79 Å². The normalized spacial score (nSPS) is 17.3. The number of ether oxygens (including phenoxy) is 1. The summed E-state index contributed by atoms with van der Waals surface area (Å²) in [5.41, 5.74) is 2.63. The number of halogens is 1. The van der Waals surface area contributed by atoms with Crippen LogP contribution in [-0.2, 0) is 4.74 Å². The second kappa shape index (κ2) is 8.85. The first-order valence-electron chi connectivity index (χ1n) is 10.2. The summed E-state index contributed by atoms with van der Waals surface area (Å²) in [6, 6.07) is 10.3. The molecule has 1 saturated heterocycles. The average Bonchev–Trinajstić information content (AvgIpc) is 3.12. The first kappa shape index (κ1) is 22.2. The van der Waals surface area contributed by atoms with Crippen LogP contribution in [0.4, 0.5) is 10.6 Å². The van der Waals surface area contributed by atoms with Crippen LogP contribution < -0.4 is 4.90 Å². The van der Waals surface area contributed by atoms with Crippen LogP contribution in [0.3, 0.4) is 0 Å². The molecule has 1 unspecified atom stereocenters. The van der Waals surface area contributed by atoms with Gasteiger partial charge in [0.25, 0.3) is 0 Å². The predicted octanol–water partition coefficient (Wildman–Crippen LogP) is 5.39. The molecule has 0 radical (unpaired) electrons. The fourth-order valence-electron chi connectivity index (χ4n) is 3.89. The van der Waals surface area contributed by atoms with E-state index in [0.29, 0.717) is 19.6 Å². The lowest BCUT2D eigenvalue weighted by molar-refractivity contribution is 0.0159. The van der Waals surface area contributed by atoms with E-state index in [1.54, 1.807) is 15.4 Å². The summed E-state index contributed by atoms with van der Waals surface area (Å²) in [6.07, 6.45) is 3.49. The molecule has 0 saturated carbocycles. The minimum atomic E-state index is -0.503. The molecule has 164 valence electrons. The summed E-state index contributed by atoms with van der Waals surface area (Å²) in [5.74, 6) is 0.906. The fourth-order valence-corrected chi connectivity index (χ4v) is 5.14. The lowest BCUT2D eigenvalue weighted by Gasteiger charge is -2.40. The van der Waals surface area contributed by atoms with Crippen LogP contribution in [0.25, 0.3) is 22.2 Å². The molecule has 0 spiro atoms. The van der Waals surface area contributed by atoms with Gasteiger partial charge in [0.15, 0.2) is 5.65 Å². The summed E-state index contributed by atoms with van der Waals surface area (Å²) >= 11 is 2.27. The summed E-state index contributed by atoms with van der Waals surface area (Å²) in [7, 11) is 1.59. The van der Waals surface area contributed by atoms with Crippen LogP contribution in [-0.4, -0.2) is 56.2 Å². The average molecular weight is 551 g/mol. The third-order valence-corrected chi connectivity index (χ3v) is 6.95. The standard InChI is InChI=1S/C22H26IN5O2S/c1-15-12-26(10-11-27(15)21(29)30-22(2,3)4)19-18-17(16-8-6-5-7-9-16)13-28(31-23)20(18)25-14-24-19/h5-9,13-15H,10-12H2,1-4H3. The number of aromatic nitrogens is 3. The van der Waals surface area contributed by atoms with Gasteiger partial charge < -0.3 is 14.5 Å². The van der Waals surface area contributed by atoms with Crippen molar-refractivity contribution in [1.82, 2.24) is 18.8 Å². The first-order valence-corrected chi connectivity index (χ1v) is 13.5. The molecule has 31 heavy (non-hydrogen) atoms. The first-order chi connectivity index (χ1) is 14.8. The Morgan fingerprint density at radius 2 is 1.94 bits per heavy atom. The Morgan fingerprint density at radius 3 is 2.58 bits per heavy atom. The SMILES string of the molecule is CC1CN(c2ncnc3c2c(-c2ccccc2)cn3SI)CCN1C(=O)OC(C)(C)C. The van der Waals surface area contributed by atoms with Crippen molar-refractivity contribution in [2.24, 2.45) is 0 Å². The van der Waals surface area contributed by atoms with Crippen LogP contribution in [0.2, 0.25) is 0 Å². The van der Waals surface area contributed by atoms with Crippen molar-refractivity contribution in [3.8, 4) is 11.1 Å². The topological polar surface area (TPSA) is 63.5 Å². The monoisotopic (exact) mass is 551 g/mol. The number of anilines is 1. The Bertz CT molecular complexity index is 1080. The van der Waals surface area contributed by atoms with Gasteiger partial charge in [-0.15, -0.1) is 0 Å². The van der Waals surface area contributed by atoms with Gasteiger partial charge in [0.2, 0.25) is 0 Å². The van der Waals surface area contributed by atoms with E-state index in [0.717, 1.165) is 28.0 Å². The summed E-state index contributed by atoms with van der Waals surface area (Å²) in [5, 5.41) is 1.04. The Balaban J connectivity index is 1.68. The predicted molar refractivity (Wildman–Crippen MR) is 135 cm³/mol. The molecule has 9 heteroatoms. The van der Waals surface area contributed by atoms with Gasteiger partial charge in [-0.25, -0.2) is 14.8 Å². The molecular formula is C22H26IN5O2S. The zero-order chi connectivity index (χ0) is 22.2. The van der Waals surface area contributed by atoms with Gasteiger partial charge >= 0.3 is 6.09 Å². The molecule has 1 aromatic carbocycles. The van der Waals surface area contributed by atoms with Crippen LogP contribution in [0.1, 0.15) is 27.7 Å². The van der Waals surface area contributed by atoms with Crippen LogP contribution in [0, 0.1) is 0 Å². The fraction of sp³-hybridized carbons (Fsp3) is 0.409. The number of amides is 1. The highest BCUT2D eigenvalue weighted by molar-refractivity contribution is 14.2. The maximum Gasteiger partial charge on any atom is 0.410 e. The molecule has 0 bridgehead atoms. The van der Waals surface area contributed by atoms with Crippen molar-refractivity contribution in [3.05, 3.63) is 42.9 Å². The number of hydrogen-bond donors (Lipinski definition) is 0. The molecule has 7 nitrogen and oxygen atoms in total. The van der Waals surface area contributed by atoms with Crippen LogP contribution in [0.15, 0.2) is 42.9 Å². The maximum absolute atomic E-state index is 12.6. The van der Waals surface area contributed by atoms with Crippen molar-refractivity contribution in [2.75, 3.05) is 24.5 Å². The van der Waals surface area contributed by atoms with Gasteiger partial charge in [-0.2, -0.15) is 0 Å². The molecule has 0 N–H and O–H groups in total. The molecule has 1 atom stereocenters. The molecular weight excluding hydrogens is 525 g/mol. The molecule has 1 aliphatic rings. The zero-order valence-corrected chi connectivity index (χ0v) is 21.1. The number of hydrogen-bond acceptors (Lipinski definition) is 6. The summed E-state index contributed by atoms with van der Waals surface area (Å²) in [6.45, 7) is 9.69. The maximum atomic E-state index is 12.6. The van der Waals surface area contributed by atoms with Crippen LogP contribution >= 0.6 is 30.3 Å². The van der Waals surface area contributed by atoms with Gasteiger partial charge in [0.05, 0.1) is 5.39 Å². The highest BCUT2D eigenvalue weighted by Crippen LogP contribution is 2.38. The molecule has 3 aromatic rings. The largest absolute Gasteiger partial charge is 0.444 e. The van der Waals surface area contributed by atoms with Crippen molar-refractivity contribution >= 4 is 53.3 Å². The van der Waals surface area contributed by atoms with Gasteiger partial charge in [-0.05, 0) is 33.3 Å². The van der Waals surface area contributed by atoms with Gasteiger partial charge in [0, 0.05) is 67.8 Å².